The standard InChI is InChI=1S/C20H30BrFN2/c21-20-6-3-18(22)14-17(20)13-16-8-11-24(12-9-16)10-7-15-1-4-19(23)5-2-15/h3,6,14-16,19H,1-2,4-5,7-13,23H2/t15-,19-. The second kappa shape index (κ2) is 8.77. The zero-order valence-electron chi connectivity index (χ0n) is 14.5. The van der Waals surface area contributed by atoms with Crippen LogP contribution in [0.3, 0.4) is 0 Å². The number of nitrogens with two attached hydrogens (primary N) is 1. The van der Waals surface area contributed by atoms with Gasteiger partial charge in [-0.3, -0.25) is 0 Å². The Morgan fingerprint density at radius 2 is 1.75 bits per heavy atom. The average Bonchev–Trinajstić information content (AvgIpc) is 2.59. The highest BCUT2D eigenvalue weighted by Gasteiger charge is 2.23. The van der Waals surface area contributed by atoms with E-state index in [1.54, 1.807) is 6.07 Å². The molecule has 0 amide bonds. The summed E-state index contributed by atoms with van der Waals surface area (Å²) in [5.74, 6) is 1.45. The van der Waals surface area contributed by atoms with Gasteiger partial charge in [0.05, 0.1) is 0 Å². The maximum Gasteiger partial charge on any atom is 0.123 e. The number of rotatable bonds is 5. The molecule has 0 radical (unpaired) electrons. The summed E-state index contributed by atoms with van der Waals surface area (Å²) >= 11 is 3.56. The summed E-state index contributed by atoms with van der Waals surface area (Å²) in [6.45, 7) is 3.64. The predicted molar refractivity (Wildman–Crippen MR) is 102 cm³/mol. The van der Waals surface area contributed by atoms with Crippen molar-refractivity contribution < 1.29 is 4.39 Å². The van der Waals surface area contributed by atoms with Gasteiger partial charge in [0.15, 0.2) is 0 Å². The van der Waals surface area contributed by atoms with Gasteiger partial charge in [-0.25, -0.2) is 4.39 Å². The van der Waals surface area contributed by atoms with E-state index in [0.717, 1.165) is 22.4 Å². The second-order valence-electron chi connectivity index (χ2n) is 7.79. The maximum atomic E-state index is 13.4. The van der Waals surface area contributed by atoms with Gasteiger partial charge in [-0.15, -0.1) is 0 Å². The maximum absolute atomic E-state index is 13.4. The lowest BCUT2D eigenvalue weighted by atomic mass is 9.84. The Labute approximate surface area is 154 Å². The highest BCUT2D eigenvalue weighted by molar-refractivity contribution is 9.10. The topological polar surface area (TPSA) is 29.3 Å². The SMILES string of the molecule is N[C@H]1CC[C@H](CCN2CCC(Cc3cc(F)ccc3Br)CC2)CC1. The van der Waals surface area contributed by atoms with Crippen molar-refractivity contribution in [1.29, 1.82) is 0 Å². The van der Waals surface area contributed by atoms with Crippen molar-refractivity contribution in [2.75, 3.05) is 19.6 Å². The molecule has 2 N–H and O–H groups in total. The largest absolute Gasteiger partial charge is 0.328 e. The Hall–Kier alpha value is -0.450. The molecule has 1 saturated heterocycles. The molecule has 0 unspecified atom stereocenters. The van der Waals surface area contributed by atoms with Crippen LogP contribution in [0.25, 0.3) is 0 Å². The molecule has 0 bridgehead atoms. The van der Waals surface area contributed by atoms with Gasteiger partial charge in [0.1, 0.15) is 5.82 Å². The van der Waals surface area contributed by atoms with Gasteiger partial charge in [-0.2, -0.15) is 0 Å². The first-order chi connectivity index (χ1) is 11.6. The van der Waals surface area contributed by atoms with Crippen LogP contribution in [0.5, 0.6) is 0 Å². The third-order valence-electron chi connectivity index (χ3n) is 5.97. The van der Waals surface area contributed by atoms with Crippen molar-refractivity contribution in [3.63, 3.8) is 0 Å². The molecular formula is C20H30BrFN2. The number of nitrogens with zero attached hydrogens (tertiary/aromatic N) is 1. The second-order valence-corrected chi connectivity index (χ2v) is 8.65. The lowest BCUT2D eigenvalue weighted by Crippen LogP contribution is -2.36. The zero-order valence-corrected chi connectivity index (χ0v) is 16.1. The number of piperidine rings is 1. The molecule has 1 aromatic rings. The van der Waals surface area contributed by atoms with Crippen LogP contribution in [-0.2, 0) is 6.42 Å². The van der Waals surface area contributed by atoms with Gasteiger partial charge in [-0.05, 0) is 107 Å². The van der Waals surface area contributed by atoms with Crippen LogP contribution in [0.2, 0.25) is 0 Å². The number of hydrogen-bond donors (Lipinski definition) is 1. The first-order valence-corrected chi connectivity index (χ1v) is 10.3. The van der Waals surface area contributed by atoms with E-state index >= 15 is 0 Å². The van der Waals surface area contributed by atoms with Crippen molar-refractivity contribution in [2.45, 2.75) is 57.4 Å². The molecule has 1 saturated carbocycles. The van der Waals surface area contributed by atoms with E-state index in [4.69, 9.17) is 5.73 Å². The highest BCUT2D eigenvalue weighted by atomic mass is 79.9. The Kier molecular flexibility index (Phi) is 6.71. The average molecular weight is 397 g/mol. The van der Waals surface area contributed by atoms with Gasteiger partial charge < -0.3 is 10.6 Å². The van der Waals surface area contributed by atoms with Crippen LogP contribution < -0.4 is 5.73 Å². The van der Waals surface area contributed by atoms with E-state index in [-0.39, 0.29) is 5.82 Å². The number of benzene rings is 1. The Morgan fingerprint density at radius 3 is 2.46 bits per heavy atom. The van der Waals surface area contributed by atoms with E-state index < -0.39 is 0 Å². The lowest BCUT2D eigenvalue weighted by Gasteiger charge is -2.34. The Bertz CT molecular complexity index is 520. The molecule has 1 aliphatic heterocycles. The van der Waals surface area contributed by atoms with Gasteiger partial charge in [-0.1, -0.05) is 15.9 Å². The third kappa shape index (κ3) is 5.27. The molecule has 3 rings (SSSR count). The summed E-state index contributed by atoms with van der Waals surface area (Å²) in [6, 6.07) is 5.49. The van der Waals surface area contributed by atoms with E-state index in [1.807, 2.05) is 6.07 Å². The molecule has 1 aliphatic carbocycles. The minimum absolute atomic E-state index is 0.127. The van der Waals surface area contributed by atoms with Crippen LogP contribution in [-0.4, -0.2) is 30.6 Å². The number of halogens is 2. The van der Waals surface area contributed by atoms with Crippen LogP contribution in [0, 0.1) is 17.7 Å². The van der Waals surface area contributed by atoms with E-state index in [2.05, 4.69) is 20.8 Å². The zero-order chi connectivity index (χ0) is 16.9. The van der Waals surface area contributed by atoms with Crippen molar-refractivity contribution in [3.05, 3.63) is 34.1 Å². The Balaban J connectivity index is 1.39. The molecule has 0 atom stereocenters. The molecular weight excluding hydrogens is 367 g/mol. The normalized spacial score (nSPS) is 26.6. The molecule has 2 aliphatic rings. The van der Waals surface area contributed by atoms with E-state index in [1.165, 1.54) is 70.6 Å². The van der Waals surface area contributed by atoms with E-state index in [0.29, 0.717) is 12.0 Å². The summed E-state index contributed by atoms with van der Waals surface area (Å²) in [5.41, 5.74) is 7.11. The molecule has 1 heterocycles. The van der Waals surface area contributed by atoms with Crippen molar-refractivity contribution >= 4 is 15.9 Å². The van der Waals surface area contributed by atoms with E-state index in [9.17, 15) is 4.39 Å². The van der Waals surface area contributed by atoms with Crippen molar-refractivity contribution in [2.24, 2.45) is 17.6 Å². The fraction of sp³-hybridized carbons (Fsp3) is 0.700. The molecule has 0 aromatic heterocycles. The third-order valence-corrected chi connectivity index (χ3v) is 6.74. The lowest BCUT2D eigenvalue weighted by molar-refractivity contribution is 0.165. The summed E-state index contributed by atoms with van der Waals surface area (Å²) in [5, 5.41) is 0. The first kappa shape index (κ1) is 18.3. The van der Waals surface area contributed by atoms with Crippen LogP contribution in [0.15, 0.2) is 22.7 Å². The van der Waals surface area contributed by atoms with Crippen LogP contribution >= 0.6 is 15.9 Å². The summed E-state index contributed by atoms with van der Waals surface area (Å²) in [7, 11) is 0. The van der Waals surface area contributed by atoms with Crippen LogP contribution in [0.1, 0.15) is 50.5 Å². The van der Waals surface area contributed by atoms with Gasteiger partial charge >= 0.3 is 0 Å². The first-order valence-electron chi connectivity index (χ1n) is 9.52. The molecule has 2 nitrogen and oxygen atoms in total. The summed E-state index contributed by atoms with van der Waals surface area (Å²) in [6.07, 6.45) is 9.89. The fourth-order valence-corrected chi connectivity index (χ4v) is 4.68. The Morgan fingerprint density at radius 1 is 1.04 bits per heavy atom. The summed E-state index contributed by atoms with van der Waals surface area (Å²) in [4.78, 5) is 2.63. The van der Waals surface area contributed by atoms with Crippen LogP contribution in [0.4, 0.5) is 4.39 Å². The molecule has 2 fully saturated rings. The number of hydrogen-bond acceptors (Lipinski definition) is 2. The minimum Gasteiger partial charge on any atom is -0.328 e. The molecule has 0 spiro atoms. The highest BCUT2D eigenvalue weighted by Crippen LogP contribution is 2.29. The fourth-order valence-electron chi connectivity index (χ4n) is 4.27. The smallest absolute Gasteiger partial charge is 0.123 e. The van der Waals surface area contributed by atoms with Gasteiger partial charge in [0.25, 0.3) is 0 Å². The predicted octanol–water partition coefficient (Wildman–Crippen LogP) is 4.75. The van der Waals surface area contributed by atoms with Gasteiger partial charge in [0, 0.05) is 10.5 Å². The monoisotopic (exact) mass is 396 g/mol. The molecule has 24 heavy (non-hydrogen) atoms. The number of likely N-dealkylation sites (tertiary alicyclic amines) is 1. The quantitative estimate of drug-likeness (QED) is 0.777. The molecule has 4 heteroatoms. The summed E-state index contributed by atoms with van der Waals surface area (Å²) < 4.78 is 14.5. The molecule has 1 aromatic carbocycles. The van der Waals surface area contributed by atoms with Gasteiger partial charge in [0.2, 0.25) is 0 Å². The molecule has 134 valence electrons. The van der Waals surface area contributed by atoms with Crippen molar-refractivity contribution in [3.8, 4) is 0 Å². The van der Waals surface area contributed by atoms with Crippen molar-refractivity contribution in [1.82, 2.24) is 4.90 Å². The minimum atomic E-state index is -0.127.